The Balaban J connectivity index is 1.53. The maximum atomic E-state index is 12.8. The average molecular weight is 414 g/mol. The molecule has 0 radical (unpaired) electrons. The quantitative estimate of drug-likeness (QED) is 0.552. The summed E-state index contributed by atoms with van der Waals surface area (Å²) in [5, 5.41) is 22.6. The van der Waals surface area contributed by atoms with Gasteiger partial charge in [0, 0.05) is 13.1 Å². The number of ether oxygens (including phenoxy) is 3. The summed E-state index contributed by atoms with van der Waals surface area (Å²) in [6.45, 7) is 1.35. The number of morpholine rings is 1. The van der Waals surface area contributed by atoms with Crippen molar-refractivity contribution in [3.8, 4) is 5.75 Å². The van der Waals surface area contributed by atoms with Gasteiger partial charge in [-0.15, -0.1) is 0 Å². The standard InChI is InChI=1S/C17H22N2O8S/c20-13-2-1-10(28(23,24)19-3-5-25-6-4-19)7-11(13)17(22)18-12-8-26-16-14(21)9-27-15(12)16/h1-2,7,12,14-16,20-21H,3-6,8-9H2,(H,18,22)/t12-,14-,15-,16-/m1/s1. The van der Waals surface area contributed by atoms with E-state index in [0.717, 1.165) is 6.07 Å². The van der Waals surface area contributed by atoms with E-state index in [1.54, 1.807) is 0 Å². The fourth-order valence-electron chi connectivity index (χ4n) is 3.64. The highest BCUT2D eigenvalue weighted by Crippen LogP contribution is 2.28. The summed E-state index contributed by atoms with van der Waals surface area (Å²) in [5.41, 5.74) is -0.156. The third-order valence-electron chi connectivity index (χ3n) is 5.16. The number of nitrogens with zero attached hydrogens (tertiary/aromatic N) is 1. The molecular weight excluding hydrogens is 392 g/mol. The van der Waals surface area contributed by atoms with Gasteiger partial charge in [-0.3, -0.25) is 4.79 Å². The first kappa shape index (κ1) is 19.6. The molecule has 0 unspecified atom stereocenters. The number of sulfonamides is 1. The van der Waals surface area contributed by atoms with Gasteiger partial charge in [0.15, 0.2) is 0 Å². The van der Waals surface area contributed by atoms with E-state index in [4.69, 9.17) is 14.2 Å². The highest BCUT2D eigenvalue weighted by molar-refractivity contribution is 7.89. The molecule has 0 aromatic heterocycles. The third kappa shape index (κ3) is 3.49. The number of aliphatic hydroxyl groups is 1. The summed E-state index contributed by atoms with van der Waals surface area (Å²) in [6, 6.07) is 3.11. The molecule has 3 fully saturated rings. The normalized spacial score (nSPS) is 30.9. The van der Waals surface area contributed by atoms with E-state index < -0.39 is 40.3 Å². The highest BCUT2D eigenvalue weighted by atomic mass is 32.2. The van der Waals surface area contributed by atoms with Gasteiger partial charge in [0.1, 0.15) is 24.1 Å². The number of carbonyl (C=O) groups is 1. The van der Waals surface area contributed by atoms with Gasteiger partial charge in [0.25, 0.3) is 5.91 Å². The van der Waals surface area contributed by atoms with Crippen LogP contribution in [0.1, 0.15) is 10.4 Å². The lowest BCUT2D eigenvalue weighted by molar-refractivity contribution is 0.0178. The number of aliphatic hydroxyl groups excluding tert-OH is 1. The van der Waals surface area contributed by atoms with Crippen molar-refractivity contribution in [1.29, 1.82) is 0 Å². The summed E-state index contributed by atoms with van der Waals surface area (Å²) in [6.07, 6.45) is -1.74. The van der Waals surface area contributed by atoms with Crippen LogP contribution in [0.5, 0.6) is 5.75 Å². The van der Waals surface area contributed by atoms with Crippen molar-refractivity contribution < 1.29 is 37.6 Å². The van der Waals surface area contributed by atoms with E-state index in [2.05, 4.69) is 5.32 Å². The highest BCUT2D eigenvalue weighted by Gasteiger charge is 2.47. The molecule has 3 saturated heterocycles. The molecule has 0 bridgehead atoms. The zero-order valence-electron chi connectivity index (χ0n) is 15.0. The van der Waals surface area contributed by atoms with Gasteiger partial charge in [-0.2, -0.15) is 4.31 Å². The molecule has 3 aliphatic heterocycles. The van der Waals surface area contributed by atoms with E-state index in [9.17, 15) is 23.4 Å². The summed E-state index contributed by atoms with van der Waals surface area (Å²) in [4.78, 5) is 12.6. The minimum absolute atomic E-state index is 0.0783. The topological polar surface area (TPSA) is 135 Å². The third-order valence-corrected chi connectivity index (χ3v) is 7.06. The minimum atomic E-state index is -3.80. The number of fused-ring (bicyclic) bond motifs is 1. The number of aromatic hydroxyl groups is 1. The van der Waals surface area contributed by atoms with Gasteiger partial charge < -0.3 is 29.7 Å². The van der Waals surface area contributed by atoms with E-state index in [1.165, 1.54) is 16.4 Å². The number of hydrogen-bond acceptors (Lipinski definition) is 8. The Labute approximate surface area is 162 Å². The van der Waals surface area contributed by atoms with E-state index in [-0.39, 0.29) is 42.5 Å². The summed E-state index contributed by atoms with van der Waals surface area (Å²) >= 11 is 0. The molecule has 11 heteroatoms. The number of phenols is 1. The molecule has 3 aliphatic rings. The number of carbonyl (C=O) groups excluding carboxylic acids is 1. The lowest BCUT2D eigenvalue weighted by Gasteiger charge is -2.26. The van der Waals surface area contributed by atoms with Crippen LogP contribution in [0.3, 0.4) is 0 Å². The Bertz CT molecular complexity index is 855. The van der Waals surface area contributed by atoms with Gasteiger partial charge in [0.2, 0.25) is 10.0 Å². The van der Waals surface area contributed by atoms with Crippen LogP contribution in [0.4, 0.5) is 0 Å². The van der Waals surface area contributed by atoms with Crippen LogP contribution in [0.25, 0.3) is 0 Å². The van der Waals surface area contributed by atoms with E-state index in [1.807, 2.05) is 0 Å². The van der Waals surface area contributed by atoms with Crippen LogP contribution >= 0.6 is 0 Å². The molecule has 154 valence electrons. The number of rotatable bonds is 4. The first-order chi connectivity index (χ1) is 13.4. The monoisotopic (exact) mass is 414 g/mol. The number of amides is 1. The van der Waals surface area contributed by atoms with Crippen LogP contribution in [-0.4, -0.2) is 92.7 Å². The van der Waals surface area contributed by atoms with Crippen LogP contribution < -0.4 is 5.32 Å². The molecule has 0 saturated carbocycles. The molecule has 4 rings (SSSR count). The van der Waals surface area contributed by atoms with Crippen LogP contribution in [0.2, 0.25) is 0 Å². The van der Waals surface area contributed by atoms with Gasteiger partial charge in [-0.05, 0) is 18.2 Å². The predicted molar refractivity (Wildman–Crippen MR) is 94.4 cm³/mol. The molecular formula is C17H22N2O8S. The van der Waals surface area contributed by atoms with Crippen molar-refractivity contribution in [1.82, 2.24) is 9.62 Å². The second-order valence-electron chi connectivity index (χ2n) is 6.94. The van der Waals surface area contributed by atoms with Crippen molar-refractivity contribution >= 4 is 15.9 Å². The van der Waals surface area contributed by atoms with Crippen molar-refractivity contribution in [2.24, 2.45) is 0 Å². The Hall–Kier alpha value is -1.76. The van der Waals surface area contributed by atoms with Crippen molar-refractivity contribution in [2.75, 3.05) is 39.5 Å². The summed E-state index contributed by atoms with van der Waals surface area (Å²) in [7, 11) is -3.80. The zero-order valence-corrected chi connectivity index (χ0v) is 15.8. The molecule has 3 heterocycles. The number of hydrogen-bond donors (Lipinski definition) is 3. The Morgan fingerprint density at radius 1 is 1.14 bits per heavy atom. The Kier molecular flexibility index (Phi) is 5.29. The first-order valence-electron chi connectivity index (χ1n) is 9.01. The van der Waals surface area contributed by atoms with Crippen molar-refractivity contribution in [3.63, 3.8) is 0 Å². The lowest BCUT2D eigenvalue weighted by atomic mass is 10.1. The van der Waals surface area contributed by atoms with Gasteiger partial charge >= 0.3 is 0 Å². The maximum absolute atomic E-state index is 12.8. The molecule has 0 spiro atoms. The molecule has 1 amide bonds. The van der Waals surface area contributed by atoms with Crippen molar-refractivity contribution in [3.05, 3.63) is 23.8 Å². The second-order valence-corrected chi connectivity index (χ2v) is 8.88. The maximum Gasteiger partial charge on any atom is 0.255 e. The van der Waals surface area contributed by atoms with E-state index in [0.29, 0.717) is 13.2 Å². The SMILES string of the molecule is O=C(N[C@@H]1CO[C@H]2[C@@H]1OC[C@H]2O)c1cc(S(=O)(=O)N2CCOCC2)ccc1O. The number of phenolic OH excluding ortho intramolecular Hbond substituents is 1. The first-order valence-corrected chi connectivity index (χ1v) is 10.4. The summed E-state index contributed by atoms with van der Waals surface area (Å²) < 4.78 is 43.0. The number of benzene rings is 1. The predicted octanol–water partition coefficient (Wildman–Crippen LogP) is -1.33. The zero-order chi connectivity index (χ0) is 19.9. The fourth-order valence-corrected chi connectivity index (χ4v) is 5.08. The average Bonchev–Trinajstić information content (AvgIpc) is 3.26. The summed E-state index contributed by atoms with van der Waals surface area (Å²) in [5.74, 6) is -0.975. The van der Waals surface area contributed by atoms with E-state index >= 15 is 0 Å². The molecule has 0 aliphatic carbocycles. The Morgan fingerprint density at radius 3 is 2.61 bits per heavy atom. The van der Waals surface area contributed by atoms with Crippen LogP contribution in [0, 0.1) is 0 Å². The molecule has 4 atom stereocenters. The second kappa shape index (κ2) is 7.58. The largest absolute Gasteiger partial charge is 0.507 e. The van der Waals surface area contributed by atoms with Crippen LogP contribution in [0.15, 0.2) is 23.1 Å². The Morgan fingerprint density at radius 2 is 1.86 bits per heavy atom. The minimum Gasteiger partial charge on any atom is -0.507 e. The number of nitrogens with one attached hydrogen (secondary N) is 1. The van der Waals surface area contributed by atoms with Gasteiger partial charge in [-0.1, -0.05) is 0 Å². The molecule has 1 aromatic rings. The lowest BCUT2D eigenvalue weighted by Crippen LogP contribution is -2.44. The molecule has 3 N–H and O–H groups in total. The smallest absolute Gasteiger partial charge is 0.255 e. The fraction of sp³-hybridized carbons (Fsp3) is 0.588. The molecule has 1 aromatic carbocycles. The van der Waals surface area contributed by atoms with Gasteiger partial charge in [-0.25, -0.2) is 8.42 Å². The van der Waals surface area contributed by atoms with Gasteiger partial charge in [0.05, 0.1) is 42.9 Å². The van der Waals surface area contributed by atoms with Crippen LogP contribution in [-0.2, 0) is 24.2 Å². The molecule has 10 nitrogen and oxygen atoms in total. The van der Waals surface area contributed by atoms with Crippen molar-refractivity contribution in [2.45, 2.75) is 29.2 Å². The molecule has 28 heavy (non-hydrogen) atoms.